The quantitative estimate of drug-likeness (QED) is 0.174. The molecule has 274 valence electrons. The molecule has 11 heteroatoms. The van der Waals surface area contributed by atoms with E-state index in [1.807, 2.05) is 78.3 Å². The van der Waals surface area contributed by atoms with Gasteiger partial charge in [0, 0.05) is 39.5 Å². The van der Waals surface area contributed by atoms with E-state index in [1.54, 1.807) is 24.1 Å². The highest BCUT2D eigenvalue weighted by atomic mass is 35.5. The number of pyridine rings is 1. The van der Waals surface area contributed by atoms with E-state index in [2.05, 4.69) is 10.8 Å². The van der Waals surface area contributed by atoms with Crippen LogP contribution in [0.4, 0.5) is 5.69 Å². The number of carbonyl (C=O) groups excluding carboxylic acids is 2. The lowest BCUT2D eigenvalue weighted by molar-refractivity contribution is -0.118. The minimum atomic E-state index is -3.73. The third-order valence-corrected chi connectivity index (χ3v) is 13.4. The van der Waals surface area contributed by atoms with Gasteiger partial charge in [-0.15, -0.1) is 0 Å². The van der Waals surface area contributed by atoms with Crippen LogP contribution in [0.2, 0.25) is 5.02 Å². The maximum Gasteiger partial charge on any atom is 0.264 e. The molecular formula is C43H39ClN4O5S. The highest BCUT2D eigenvalue weighted by molar-refractivity contribution is 7.91. The summed E-state index contributed by atoms with van der Waals surface area (Å²) in [7, 11) is -0.269. The molecule has 1 N–H and O–H groups in total. The third kappa shape index (κ3) is 5.92. The monoisotopic (exact) mass is 758 g/mol. The van der Waals surface area contributed by atoms with Crippen molar-refractivity contribution in [3.63, 3.8) is 0 Å². The number of aromatic nitrogens is 2. The van der Waals surface area contributed by atoms with Crippen molar-refractivity contribution in [1.29, 1.82) is 0 Å². The number of nitrogens with one attached hydrogen (secondary N) is 1. The van der Waals surface area contributed by atoms with Gasteiger partial charge in [0.25, 0.3) is 5.91 Å². The molecule has 2 saturated carbocycles. The topological polar surface area (TPSA) is 111 Å². The average Bonchev–Trinajstić information content (AvgIpc) is 4.02. The molecule has 54 heavy (non-hydrogen) atoms. The zero-order chi connectivity index (χ0) is 37.3. The predicted molar refractivity (Wildman–Crippen MR) is 214 cm³/mol. The highest BCUT2D eigenvalue weighted by Gasteiger charge is 2.38. The number of amides is 2. The van der Waals surface area contributed by atoms with E-state index in [-0.39, 0.29) is 23.9 Å². The Hall–Kier alpha value is -5.19. The number of likely N-dealkylation sites (N-methyl/N-ethyl adjacent to an activating group) is 1. The molecule has 6 aromatic rings. The number of nitrogens with zero attached hydrogens (tertiary/aromatic N) is 3. The van der Waals surface area contributed by atoms with E-state index in [4.69, 9.17) is 21.3 Å². The minimum Gasteiger partial charge on any atom is -0.497 e. The van der Waals surface area contributed by atoms with Crippen molar-refractivity contribution in [2.45, 2.75) is 62.7 Å². The van der Waals surface area contributed by atoms with Crippen LogP contribution < -0.4 is 14.4 Å². The Kier molecular flexibility index (Phi) is 8.50. The lowest BCUT2D eigenvalue weighted by Crippen LogP contribution is -2.33. The maximum absolute atomic E-state index is 14.2. The molecular weight excluding hydrogens is 720 g/mol. The van der Waals surface area contributed by atoms with Crippen LogP contribution in [-0.2, 0) is 21.4 Å². The third-order valence-electron chi connectivity index (χ3n) is 11.3. The van der Waals surface area contributed by atoms with Crippen LogP contribution in [0.3, 0.4) is 0 Å². The number of rotatable bonds is 7. The van der Waals surface area contributed by atoms with Crippen molar-refractivity contribution in [1.82, 2.24) is 14.3 Å². The second-order valence-electron chi connectivity index (χ2n) is 14.7. The second-order valence-corrected chi connectivity index (χ2v) is 17.1. The van der Waals surface area contributed by atoms with Crippen LogP contribution in [-0.4, -0.2) is 49.2 Å². The van der Waals surface area contributed by atoms with Gasteiger partial charge in [-0.05, 0) is 109 Å². The number of sulfonamides is 1. The molecule has 2 aliphatic carbocycles. The van der Waals surface area contributed by atoms with Gasteiger partial charge in [-0.3, -0.25) is 9.59 Å². The lowest BCUT2D eigenvalue weighted by atomic mass is 9.81. The summed E-state index contributed by atoms with van der Waals surface area (Å²) in [6, 6.07) is 27.2. The van der Waals surface area contributed by atoms with E-state index in [0.717, 1.165) is 86.8 Å². The summed E-state index contributed by atoms with van der Waals surface area (Å²) < 4.78 is 35.3. The number of hydrogen-bond acceptors (Lipinski definition) is 6. The summed E-state index contributed by atoms with van der Waals surface area (Å²) in [6.07, 6.45) is 6.61. The molecule has 0 spiro atoms. The molecule has 0 radical (unpaired) electrons. The molecule has 2 fully saturated rings. The smallest absolute Gasteiger partial charge is 0.264 e. The van der Waals surface area contributed by atoms with E-state index in [9.17, 15) is 18.0 Å². The number of fused-ring (bicyclic) bond motifs is 7. The van der Waals surface area contributed by atoms with Crippen molar-refractivity contribution in [2.75, 3.05) is 19.1 Å². The molecule has 1 aliphatic heterocycles. The molecule has 9 rings (SSSR count). The van der Waals surface area contributed by atoms with Crippen molar-refractivity contribution >= 4 is 60.9 Å². The first-order valence-corrected chi connectivity index (χ1v) is 20.4. The number of benzene rings is 4. The first-order chi connectivity index (χ1) is 26.1. The molecule has 9 nitrogen and oxygen atoms in total. The molecule has 4 aromatic carbocycles. The summed E-state index contributed by atoms with van der Waals surface area (Å²) >= 11 is 6.22. The molecule has 3 aliphatic rings. The number of methoxy groups -OCH3 is 1. The molecule has 0 atom stereocenters. The fourth-order valence-corrected chi connectivity index (χ4v) is 9.85. The first-order valence-electron chi connectivity index (χ1n) is 18.5. The van der Waals surface area contributed by atoms with Gasteiger partial charge >= 0.3 is 0 Å². The van der Waals surface area contributed by atoms with Crippen LogP contribution in [0.25, 0.3) is 55.4 Å². The second kappa shape index (κ2) is 13.3. The largest absolute Gasteiger partial charge is 0.497 e. The minimum absolute atomic E-state index is 0.0659. The van der Waals surface area contributed by atoms with Crippen molar-refractivity contribution in [3.05, 3.63) is 101 Å². The summed E-state index contributed by atoms with van der Waals surface area (Å²) in [5.74, 6) is 0.223. The first kappa shape index (κ1) is 34.6. The summed E-state index contributed by atoms with van der Waals surface area (Å²) in [5.41, 5.74) is 9.26. The van der Waals surface area contributed by atoms with Crippen LogP contribution >= 0.6 is 11.6 Å². The van der Waals surface area contributed by atoms with E-state index in [0.29, 0.717) is 23.6 Å². The fraction of sp³-hybridized carbons (Fsp3) is 0.279. The number of hydrogen-bond donors (Lipinski definition) is 1. The average molecular weight is 759 g/mol. The van der Waals surface area contributed by atoms with Crippen LogP contribution in [0, 0.1) is 0 Å². The number of halogens is 1. The molecule has 0 unspecified atom stereocenters. The van der Waals surface area contributed by atoms with Gasteiger partial charge in [-0.25, -0.2) is 18.1 Å². The Morgan fingerprint density at radius 1 is 0.852 bits per heavy atom. The Balaban J connectivity index is 1.22. The zero-order valence-corrected chi connectivity index (χ0v) is 31.6. The highest BCUT2D eigenvalue weighted by Crippen LogP contribution is 2.49. The van der Waals surface area contributed by atoms with Gasteiger partial charge in [0.1, 0.15) is 12.3 Å². The van der Waals surface area contributed by atoms with Gasteiger partial charge < -0.3 is 14.2 Å². The molecule has 2 amide bonds. The molecule has 0 bridgehead atoms. The summed E-state index contributed by atoms with van der Waals surface area (Å²) in [6.45, 7) is 0.0659. The summed E-state index contributed by atoms with van der Waals surface area (Å²) in [4.78, 5) is 34.4. The van der Waals surface area contributed by atoms with Crippen LogP contribution in [0.1, 0.15) is 66.8 Å². The van der Waals surface area contributed by atoms with Gasteiger partial charge in [0.2, 0.25) is 15.9 Å². The number of anilines is 1. The van der Waals surface area contributed by atoms with Gasteiger partial charge in [0.05, 0.1) is 40.5 Å². The SMILES string of the molecule is COc1ccc(-c2ccc(Cl)cc2)c(-c2ccc3c4c(ccc3n2)-c2c(C3CCCCC3)c3ccc(C(=O)NS(=O)(=O)C5CC5)cc3n2CC(=O)N4C)c1. The van der Waals surface area contributed by atoms with Crippen LogP contribution in [0.5, 0.6) is 5.75 Å². The molecule has 3 heterocycles. The van der Waals surface area contributed by atoms with Crippen molar-refractivity contribution in [2.24, 2.45) is 0 Å². The predicted octanol–water partition coefficient (Wildman–Crippen LogP) is 9.10. The van der Waals surface area contributed by atoms with E-state index in [1.165, 1.54) is 12.0 Å². The van der Waals surface area contributed by atoms with Crippen LogP contribution in [0.15, 0.2) is 84.9 Å². The Morgan fingerprint density at radius 3 is 2.33 bits per heavy atom. The Morgan fingerprint density at radius 2 is 1.59 bits per heavy atom. The summed E-state index contributed by atoms with van der Waals surface area (Å²) in [5, 5.41) is 1.98. The molecule has 0 saturated heterocycles. The van der Waals surface area contributed by atoms with Crippen molar-refractivity contribution < 1.29 is 22.7 Å². The number of carbonyl (C=O) groups is 2. The Bertz CT molecular complexity index is 2630. The van der Waals surface area contributed by atoms with E-state index < -0.39 is 21.2 Å². The Labute approximate surface area is 319 Å². The zero-order valence-electron chi connectivity index (χ0n) is 30.1. The number of ether oxygens (including phenoxy) is 1. The molecule has 2 aromatic heterocycles. The fourth-order valence-electron chi connectivity index (χ4n) is 8.43. The van der Waals surface area contributed by atoms with Gasteiger partial charge in [-0.2, -0.15) is 0 Å². The lowest BCUT2D eigenvalue weighted by Gasteiger charge is -2.25. The van der Waals surface area contributed by atoms with E-state index >= 15 is 0 Å². The van der Waals surface area contributed by atoms with Crippen molar-refractivity contribution in [3.8, 4) is 39.4 Å². The van der Waals surface area contributed by atoms with Gasteiger partial charge in [0.15, 0.2) is 0 Å². The standard InChI is InChI=1S/C43H39ClN4O5S/c1-47-39(49)24-48-38-22-27(43(50)46-54(51,52)30-14-15-30)10-16-33(38)40(26-6-4-3-5-7-26)42(48)34-19-21-36-32(41(34)47)18-20-37(45-36)35-23-29(53-2)13-17-31(35)25-8-11-28(44)12-9-25/h8-13,16-23,26,30H,3-7,14-15,24H2,1-2H3,(H,46,50). The normalized spacial score (nSPS) is 16.3. The maximum atomic E-state index is 14.2. The van der Waals surface area contributed by atoms with Gasteiger partial charge in [-0.1, -0.05) is 55.1 Å².